The largest absolute Gasteiger partial charge is 0.416 e. The highest BCUT2D eigenvalue weighted by Crippen LogP contribution is 2.32. The molecule has 3 N–H and O–H groups in total. The number of aromatic nitrogens is 1. The number of benzene rings is 1. The maximum Gasteiger partial charge on any atom is 0.416 e. The highest BCUT2D eigenvalue weighted by molar-refractivity contribution is 5.51. The molecule has 3 nitrogen and oxygen atoms in total. The third-order valence-electron chi connectivity index (χ3n) is 2.93. The molecule has 0 aliphatic rings. The summed E-state index contributed by atoms with van der Waals surface area (Å²) in [6, 6.07) is 7.16. The van der Waals surface area contributed by atoms with Gasteiger partial charge in [0.2, 0.25) is 0 Å². The van der Waals surface area contributed by atoms with Crippen molar-refractivity contribution in [1.29, 1.82) is 0 Å². The summed E-state index contributed by atoms with van der Waals surface area (Å²) in [4.78, 5) is 4.03. The van der Waals surface area contributed by atoms with Crippen LogP contribution in [0.15, 0.2) is 36.5 Å². The first-order chi connectivity index (χ1) is 9.38. The van der Waals surface area contributed by atoms with Crippen LogP contribution in [0, 0.1) is 6.92 Å². The third kappa shape index (κ3) is 3.20. The van der Waals surface area contributed by atoms with Crippen LogP contribution in [-0.4, -0.2) is 4.98 Å². The molecule has 0 amide bonds. The Hall–Kier alpha value is -2.24. The predicted molar refractivity (Wildman–Crippen MR) is 72.2 cm³/mol. The highest BCUT2D eigenvalue weighted by atomic mass is 19.4. The van der Waals surface area contributed by atoms with Crippen molar-refractivity contribution in [3.05, 3.63) is 53.2 Å². The number of hydrogen-bond acceptors (Lipinski definition) is 3. The fraction of sp³-hybridized carbons (Fsp3) is 0.214. The van der Waals surface area contributed by atoms with Gasteiger partial charge in [-0.05, 0) is 30.2 Å². The van der Waals surface area contributed by atoms with Crippen molar-refractivity contribution in [3.8, 4) is 0 Å². The van der Waals surface area contributed by atoms with Gasteiger partial charge in [-0.3, -0.25) is 0 Å². The molecular formula is C14H14F3N3. The number of nitrogens with two attached hydrogens (primary N) is 1. The fourth-order valence-corrected chi connectivity index (χ4v) is 1.80. The Morgan fingerprint density at radius 2 is 1.95 bits per heavy atom. The van der Waals surface area contributed by atoms with Crippen molar-refractivity contribution < 1.29 is 13.2 Å². The molecule has 20 heavy (non-hydrogen) atoms. The monoisotopic (exact) mass is 281 g/mol. The lowest BCUT2D eigenvalue weighted by atomic mass is 10.1. The minimum atomic E-state index is -4.36. The SMILES string of the molecule is Cc1cc(NCc2ccccc2C(F)(F)F)ncc1N. The molecule has 0 saturated heterocycles. The number of halogens is 3. The second-order valence-corrected chi connectivity index (χ2v) is 4.43. The van der Waals surface area contributed by atoms with Gasteiger partial charge in [0.15, 0.2) is 0 Å². The first kappa shape index (κ1) is 14.2. The van der Waals surface area contributed by atoms with Crippen LogP contribution in [0.4, 0.5) is 24.7 Å². The van der Waals surface area contributed by atoms with Crippen molar-refractivity contribution >= 4 is 11.5 Å². The van der Waals surface area contributed by atoms with Crippen LogP contribution in [0.5, 0.6) is 0 Å². The fourth-order valence-electron chi connectivity index (χ4n) is 1.80. The molecule has 2 aromatic rings. The summed E-state index contributed by atoms with van der Waals surface area (Å²) in [5, 5.41) is 2.87. The molecule has 0 bridgehead atoms. The normalized spacial score (nSPS) is 11.4. The Kier molecular flexibility index (Phi) is 3.83. The van der Waals surface area contributed by atoms with Gasteiger partial charge in [0, 0.05) is 6.54 Å². The minimum absolute atomic E-state index is 0.0477. The standard InChI is InChI=1S/C14H14F3N3/c1-9-6-13(20-8-12(9)18)19-7-10-4-2-3-5-11(10)14(15,16)17/h2-6,8H,7,18H2,1H3,(H,19,20). The molecule has 0 unspecified atom stereocenters. The average molecular weight is 281 g/mol. The van der Waals surface area contributed by atoms with Crippen molar-refractivity contribution in [1.82, 2.24) is 4.98 Å². The van der Waals surface area contributed by atoms with Gasteiger partial charge < -0.3 is 11.1 Å². The first-order valence-electron chi connectivity index (χ1n) is 5.99. The Balaban J connectivity index is 2.17. The molecular weight excluding hydrogens is 267 g/mol. The molecule has 0 aliphatic carbocycles. The first-order valence-corrected chi connectivity index (χ1v) is 5.99. The number of pyridine rings is 1. The van der Waals surface area contributed by atoms with E-state index in [0.717, 1.165) is 11.6 Å². The third-order valence-corrected chi connectivity index (χ3v) is 2.93. The summed E-state index contributed by atoms with van der Waals surface area (Å²) >= 11 is 0. The lowest BCUT2D eigenvalue weighted by Crippen LogP contribution is -2.12. The predicted octanol–water partition coefficient (Wildman–Crippen LogP) is 3.60. The summed E-state index contributed by atoms with van der Waals surface area (Å²) in [5.74, 6) is 0.494. The van der Waals surface area contributed by atoms with Crippen molar-refractivity contribution in [2.24, 2.45) is 0 Å². The smallest absolute Gasteiger partial charge is 0.397 e. The second-order valence-electron chi connectivity index (χ2n) is 4.43. The molecule has 0 radical (unpaired) electrons. The van der Waals surface area contributed by atoms with Gasteiger partial charge in [-0.2, -0.15) is 13.2 Å². The Labute approximate surface area is 114 Å². The maximum absolute atomic E-state index is 12.8. The van der Waals surface area contributed by atoms with Crippen molar-refractivity contribution in [2.75, 3.05) is 11.1 Å². The molecule has 1 heterocycles. The van der Waals surface area contributed by atoms with Gasteiger partial charge in [-0.15, -0.1) is 0 Å². The number of rotatable bonds is 3. The molecule has 2 rings (SSSR count). The van der Waals surface area contributed by atoms with E-state index >= 15 is 0 Å². The Morgan fingerprint density at radius 1 is 1.25 bits per heavy atom. The van der Waals surface area contributed by atoms with Crippen LogP contribution in [0.2, 0.25) is 0 Å². The topological polar surface area (TPSA) is 50.9 Å². The summed E-state index contributed by atoms with van der Waals surface area (Å²) < 4.78 is 38.5. The number of nitrogens with one attached hydrogen (secondary N) is 1. The Morgan fingerprint density at radius 3 is 2.60 bits per heavy atom. The highest BCUT2D eigenvalue weighted by Gasteiger charge is 2.32. The minimum Gasteiger partial charge on any atom is -0.397 e. The van der Waals surface area contributed by atoms with Gasteiger partial charge in [0.05, 0.1) is 17.4 Å². The molecule has 1 aromatic carbocycles. The Bertz CT molecular complexity index is 609. The van der Waals surface area contributed by atoms with Crippen LogP contribution in [-0.2, 0) is 12.7 Å². The quantitative estimate of drug-likeness (QED) is 0.903. The molecule has 1 aromatic heterocycles. The number of hydrogen-bond donors (Lipinski definition) is 2. The van der Waals surface area contributed by atoms with Crippen molar-refractivity contribution in [3.63, 3.8) is 0 Å². The summed E-state index contributed by atoms with van der Waals surface area (Å²) in [6.45, 7) is 1.86. The zero-order chi connectivity index (χ0) is 14.8. The van der Waals surface area contributed by atoms with Gasteiger partial charge in [-0.25, -0.2) is 4.98 Å². The summed E-state index contributed by atoms with van der Waals surface area (Å²) in [5.41, 5.74) is 6.55. The van der Waals surface area contributed by atoms with E-state index in [1.165, 1.54) is 18.3 Å². The van der Waals surface area contributed by atoms with Crippen LogP contribution in [0.25, 0.3) is 0 Å². The lowest BCUT2D eigenvalue weighted by Gasteiger charge is -2.13. The van der Waals surface area contributed by atoms with Crippen LogP contribution < -0.4 is 11.1 Å². The number of nitrogen functional groups attached to an aromatic ring is 1. The van der Waals surface area contributed by atoms with Crippen LogP contribution in [0.3, 0.4) is 0 Å². The van der Waals surface area contributed by atoms with E-state index in [2.05, 4.69) is 10.3 Å². The summed E-state index contributed by atoms with van der Waals surface area (Å²) in [6.07, 6.45) is -2.88. The molecule has 0 aliphatic heterocycles. The zero-order valence-corrected chi connectivity index (χ0v) is 10.8. The number of alkyl halides is 3. The van der Waals surface area contributed by atoms with Crippen LogP contribution in [0.1, 0.15) is 16.7 Å². The van der Waals surface area contributed by atoms with Gasteiger partial charge >= 0.3 is 6.18 Å². The molecule has 6 heteroatoms. The molecule has 0 atom stereocenters. The van der Waals surface area contributed by atoms with E-state index in [-0.39, 0.29) is 12.1 Å². The van der Waals surface area contributed by atoms with E-state index < -0.39 is 11.7 Å². The number of aryl methyl sites for hydroxylation is 1. The van der Waals surface area contributed by atoms with E-state index in [4.69, 9.17) is 5.73 Å². The van der Waals surface area contributed by atoms with Gasteiger partial charge in [0.25, 0.3) is 0 Å². The summed E-state index contributed by atoms with van der Waals surface area (Å²) in [7, 11) is 0. The zero-order valence-electron chi connectivity index (χ0n) is 10.8. The second kappa shape index (κ2) is 5.40. The van der Waals surface area contributed by atoms with Gasteiger partial charge in [-0.1, -0.05) is 18.2 Å². The maximum atomic E-state index is 12.8. The van der Waals surface area contributed by atoms with Crippen LogP contribution >= 0.6 is 0 Å². The van der Waals surface area contributed by atoms with E-state index in [0.29, 0.717) is 11.5 Å². The van der Waals surface area contributed by atoms with E-state index in [1.807, 2.05) is 6.92 Å². The molecule has 106 valence electrons. The van der Waals surface area contributed by atoms with Crippen molar-refractivity contribution in [2.45, 2.75) is 19.6 Å². The lowest BCUT2D eigenvalue weighted by molar-refractivity contribution is -0.138. The number of anilines is 2. The number of nitrogens with zero attached hydrogens (tertiary/aromatic N) is 1. The van der Waals surface area contributed by atoms with Gasteiger partial charge in [0.1, 0.15) is 5.82 Å². The van der Waals surface area contributed by atoms with E-state index in [1.54, 1.807) is 12.1 Å². The average Bonchev–Trinajstić information content (AvgIpc) is 2.39. The molecule has 0 spiro atoms. The van der Waals surface area contributed by atoms with E-state index in [9.17, 15) is 13.2 Å². The molecule has 0 saturated carbocycles. The molecule has 0 fully saturated rings.